The van der Waals surface area contributed by atoms with Gasteiger partial charge in [0, 0.05) is 0 Å². The van der Waals surface area contributed by atoms with Crippen LogP contribution in [0, 0.1) is 0 Å². The Morgan fingerprint density at radius 1 is 0.944 bits per heavy atom. The molecule has 1 fully saturated rings. The van der Waals surface area contributed by atoms with E-state index < -0.39 is 6.02 Å². The van der Waals surface area contributed by atoms with Crippen molar-refractivity contribution >= 4 is 0 Å². The molecule has 92 valence electrons. The van der Waals surface area contributed by atoms with E-state index in [0.717, 1.165) is 18.5 Å². The third-order valence-electron chi connectivity index (χ3n) is 3.46. The van der Waals surface area contributed by atoms with Crippen LogP contribution in [0.15, 0.2) is 60.7 Å². The Morgan fingerprint density at radius 3 is 2.06 bits per heavy atom. The van der Waals surface area contributed by atoms with Crippen molar-refractivity contribution in [2.75, 3.05) is 6.54 Å². The van der Waals surface area contributed by atoms with Gasteiger partial charge < -0.3 is 0 Å². The average Bonchev–Trinajstić information content (AvgIpc) is 3.07. The summed E-state index contributed by atoms with van der Waals surface area (Å²) >= 11 is 0. The summed E-state index contributed by atoms with van der Waals surface area (Å²) in [5.74, 6) is 0. The van der Waals surface area contributed by atoms with Crippen LogP contribution in [0.1, 0.15) is 37.9 Å². The molecule has 1 heteroatoms. The van der Waals surface area contributed by atoms with Crippen LogP contribution in [0.3, 0.4) is 0 Å². The number of hydrogen-bond donors (Lipinski definition) is 0. The minimum Gasteiger partial charge on any atom is -0.286 e. The maximum Gasteiger partial charge on any atom is 0.0552 e. The Labute approximate surface area is 110 Å². The van der Waals surface area contributed by atoms with Crippen molar-refractivity contribution in [2.45, 2.75) is 25.4 Å². The van der Waals surface area contributed by atoms with Crippen molar-refractivity contribution in [3.63, 3.8) is 0 Å². The second kappa shape index (κ2) is 4.95. The molecule has 3 rings (SSSR count). The minimum atomic E-state index is -0.585. The van der Waals surface area contributed by atoms with Gasteiger partial charge in [0.15, 0.2) is 0 Å². The molecule has 2 aromatic rings. The second-order valence-electron chi connectivity index (χ2n) is 4.76. The number of rotatable bonds is 4. The molecule has 0 aliphatic carbocycles. The molecule has 1 aliphatic heterocycles. The van der Waals surface area contributed by atoms with Crippen molar-refractivity contribution in [3.05, 3.63) is 71.8 Å². The van der Waals surface area contributed by atoms with Crippen LogP contribution in [-0.2, 0) is 0 Å². The van der Waals surface area contributed by atoms with E-state index in [9.17, 15) is 0 Å². The van der Waals surface area contributed by atoms with Crippen molar-refractivity contribution in [2.24, 2.45) is 0 Å². The molecule has 1 nitrogen and oxygen atoms in total. The fourth-order valence-corrected chi connectivity index (χ4v) is 2.63. The van der Waals surface area contributed by atoms with Gasteiger partial charge in [-0.3, -0.25) is 4.90 Å². The molecule has 1 saturated heterocycles. The van der Waals surface area contributed by atoms with Gasteiger partial charge in [-0.15, -0.1) is 0 Å². The van der Waals surface area contributed by atoms with E-state index >= 15 is 0 Å². The first-order valence-corrected chi connectivity index (χ1v) is 6.65. The molecule has 3 atom stereocenters. The highest BCUT2D eigenvalue weighted by Gasteiger charge is 2.48. The Hall–Kier alpha value is -1.60. The van der Waals surface area contributed by atoms with E-state index in [1.54, 1.807) is 0 Å². The van der Waals surface area contributed by atoms with Crippen LogP contribution >= 0.6 is 0 Å². The number of benzene rings is 2. The van der Waals surface area contributed by atoms with Gasteiger partial charge in [0.05, 0.1) is 13.4 Å². The zero-order chi connectivity index (χ0) is 13.3. The van der Waals surface area contributed by atoms with Crippen LogP contribution in [0.4, 0.5) is 0 Å². The molecule has 0 radical (unpaired) electrons. The van der Waals surface area contributed by atoms with Gasteiger partial charge in [0.25, 0.3) is 0 Å². The smallest absolute Gasteiger partial charge is 0.0552 e. The quantitative estimate of drug-likeness (QED) is 0.722. The maximum absolute atomic E-state index is 8.87. The monoisotopic (exact) mass is 238 g/mol. The molecule has 0 spiro atoms. The molecule has 0 N–H and O–H groups in total. The molecule has 1 heterocycles. The highest BCUT2D eigenvalue weighted by Crippen LogP contribution is 2.54. The van der Waals surface area contributed by atoms with Gasteiger partial charge in [-0.05, 0) is 24.1 Å². The van der Waals surface area contributed by atoms with Crippen LogP contribution < -0.4 is 0 Å². The van der Waals surface area contributed by atoms with E-state index in [1.165, 1.54) is 5.56 Å². The lowest BCUT2D eigenvalue weighted by atomic mass is 10.0. The van der Waals surface area contributed by atoms with E-state index in [-0.39, 0.29) is 6.04 Å². The van der Waals surface area contributed by atoms with Crippen LogP contribution in [0.25, 0.3) is 0 Å². The predicted octanol–water partition coefficient (Wildman–Crippen LogP) is 4.19. The Balaban J connectivity index is 1.96. The fraction of sp³-hybridized carbons (Fsp3) is 0.294. The Kier molecular flexibility index (Phi) is 2.84. The van der Waals surface area contributed by atoms with Gasteiger partial charge >= 0.3 is 0 Å². The van der Waals surface area contributed by atoms with E-state index in [2.05, 4.69) is 48.2 Å². The Bertz CT molecular complexity index is 540. The van der Waals surface area contributed by atoms with Crippen LogP contribution in [0.2, 0.25) is 0 Å². The first kappa shape index (κ1) is 10.3. The standard InChI is InChI=1S/C17H19N/c1-2-13-18-16(14-9-5-3-6-10-14)17(18)15-11-7-4-8-12-15/h3-12,16-17H,2,13H2,1H3/t16-,17+,18?/i16D/m1/s1. The Morgan fingerprint density at radius 2 is 1.50 bits per heavy atom. The number of nitrogens with zero attached hydrogens (tertiary/aromatic N) is 1. The summed E-state index contributed by atoms with van der Waals surface area (Å²) in [5, 5.41) is 0. The summed E-state index contributed by atoms with van der Waals surface area (Å²) in [6, 6.07) is 20.2. The molecule has 1 aliphatic rings. The first-order valence-electron chi connectivity index (χ1n) is 7.15. The van der Waals surface area contributed by atoms with Crippen LogP contribution in [-0.4, -0.2) is 11.4 Å². The van der Waals surface area contributed by atoms with E-state index in [1.807, 2.05) is 24.3 Å². The largest absolute Gasteiger partial charge is 0.286 e. The van der Waals surface area contributed by atoms with Gasteiger partial charge in [0.1, 0.15) is 0 Å². The summed E-state index contributed by atoms with van der Waals surface area (Å²) in [4.78, 5) is 2.28. The predicted molar refractivity (Wildman–Crippen MR) is 75.4 cm³/mol. The lowest BCUT2D eigenvalue weighted by molar-refractivity contribution is 0.482. The zero-order valence-electron chi connectivity index (χ0n) is 11.7. The van der Waals surface area contributed by atoms with Gasteiger partial charge in [0.2, 0.25) is 0 Å². The molecule has 0 aromatic heterocycles. The van der Waals surface area contributed by atoms with Crippen LogP contribution in [0.5, 0.6) is 0 Å². The topological polar surface area (TPSA) is 3.01 Å². The molecule has 1 unspecified atom stereocenters. The van der Waals surface area contributed by atoms with Gasteiger partial charge in [-0.25, -0.2) is 0 Å². The highest BCUT2D eigenvalue weighted by molar-refractivity contribution is 5.34. The zero-order valence-corrected chi connectivity index (χ0v) is 10.7. The lowest BCUT2D eigenvalue weighted by Crippen LogP contribution is -2.00. The molecular formula is C17H19N. The van der Waals surface area contributed by atoms with E-state index in [0.29, 0.717) is 0 Å². The maximum atomic E-state index is 8.87. The third kappa shape index (κ3) is 2.06. The number of hydrogen-bond acceptors (Lipinski definition) is 1. The summed E-state index contributed by atoms with van der Waals surface area (Å²) in [5.41, 5.74) is 2.34. The second-order valence-corrected chi connectivity index (χ2v) is 4.76. The molecule has 0 saturated carbocycles. The summed E-state index contributed by atoms with van der Waals surface area (Å²) in [6.07, 6.45) is 1.08. The average molecular weight is 238 g/mol. The van der Waals surface area contributed by atoms with Gasteiger partial charge in [-0.1, -0.05) is 67.6 Å². The van der Waals surface area contributed by atoms with Crippen molar-refractivity contribution in [1.29, 1.82) is 0 Å². The highest BCUT2D eigenvalue weighted by atomic mass is 15.3. The summed E-state index contributed by atoms with van der Waals surface area (Å²) in [6.45, 7) is 3.14. The molecule has 18 heavy (non-hydrogen) atoms. The normalized spacial score (nSPS) is 30.8. The summed E-state index contributed by atoms with van der Waals surface area (Å²) in [7, 11) is 0. The summed E-state index contributed by atoms with van der Waals surface area (Å²) < 4.78 is 8.87. The SMILES string of the molecule is [2H][C@@]1(c2ccccc2)[C@H](c2ccccc2)N1CCC. The fourth-order valence-electron chi connectivity index (χ4n) is 2.63. The van der Waals surface area contributed by atoms with Crippen molar-refractivity contribution in [3.8, 4) is 0 Å². The van der Waals surface area contributed by atoms with Crippen molar-refractivity contribution < 1.29 is 1.37 Å². The molecule has 0 bridgehead atoms. The minimum absolute atomic E-state index is 0.191. The molecule has 2 aromatic carbocycles. The molecule has 0 amide bonds. The lowest BCUT2D eigenvalue weighted by Gasteiger charge is -2.00. The van der Waals surface area contributed by atoms with Crippen molar-refractivity contribution in [1.82, 2.24) is 4.90 Å². The third-order valence-corrected chi connectivity index (χ3v) is 3.46. The first-order chi connectivity index (χ1) is 9.28. The molecular weight excluding hydrogens is 218 g/mol. The van der Waals surface area contributed by atoms with E-state index in [4.69, 9.17) is 1.37 Å². The van der Waals surface area contributed by atoms with Gasteiger partial charge in [-0.2, -0.15) is 0 Å².